The lowest BCUT2D eigenvalue weighted by molar-refractivity contribution is 0.106. The molecule has 1 aliphatic rings. The Hall–Kier alpha value is -3.12. The zero-order chi connectivity index (χ0) is 24.2. The molecule has 1 heterocycles. The number of hydrogen-bond acceptors (Lipinski definition) is 4. The van der Waals surface area contributed by atoms with E-state index in [0.717, 1.165) is 28.9 Å². The molecule has 0 amide bonds. The molecule has 0 spiro atoms. The molecule has 0 saturated heterocycles. The molecule has 5 nitrogen and oxygen atoms in total. The van der Waals surface area contributed by atoms with E-state index < -0.39 is 6.10 Å². The summed E-state index contributed by atoms with van der Waals surface area (Å²) in [7, 11) is 1.91. The van der Waals surface area contributed by atoms with Gasteiger partial charge in [0.1, 0.15) is 11.4 Å². The number of aliphatic hydroxyl groups is 1. The van der Waals surface area contributed by atoms with Crippen LogP contribution in [0, 0.1) is 5.92 Å². The Morgan fingerprint density at radius 3 is 2.31 bits per heavy atom. The number of aliphatic hydroxyl groups excluding tert-OH is 1. The Morgan fingerprint density at radius 1 is 1.00 bits per heavy atom. The Bertz CT molecular complexity index is 1240. The van der Waals surface area contributed by atoms with E-state index in [1.165, 1.54) is 12.8 Å². The first-order valence-corrected chi connectivity index (χ1v) is 12.4. The number of ether oxygens (including phenoxy) is 1. The quantitative estimate of drug-likeness (QED) is 0.278. The molecule has 1 aromatic heterocycles. The van der Waals surface area contributed by atoms with Gasteiger partial charge in [-0.2, -0.15) is 5.10 Å². The molecular weight excluding hydrogens is 458 g/mol. The predicted octanol–water partition coefficient (Wildman–Crippen LogP) is 6.48. The smallest absolute Gasteiger partial charge is 0.222 e. The van der Waals surface area contributed by atoms with E-state index in [4.69, 9.17) is 21.4 Å². The van der Waals surface area contributed by atoms with Crippen molar-refractivity contribution in [2.75, 3.05) is 13.1 Å². The van der Waals surface area contributed by atoms with E-state index in [9.17, 15) is 5.11 Å². The largest absolute Gasteiger partial charge is 0.439 e. The van der Waals surface area contributed by atoms with Crippen molar-refractivity contribution in [2.45, 2.75) is 25.5 Å². The molecule has 1 aliphatic carbocycles. The summed E-state index contributed by atoms with van der Waals surface area (Å²) in [5.41, 5.74) is 3.88. The predicted molar refractivity (Wildman–Crippen MR) is 140 cm³/mol. The van der Waals surface area contributed by atoms with Crippen molar-refractivity contribution in [2.24, 2.45) is 13.0 Å². The summed E-state index contributed by atoms with van der Waals surface area (Å²) >= 11 is 6.08. The molecule has 1 fully saturated rings. The van der Waals surface area contributed by atoms with Gasteiger partial charge in [0.05, 0.1) is 11.7 Å². The van der Waals surface area contributed by atoms with Gasteiger partial charge in [0.2, 0.25) is 5.88 Å². The van der Waals surface area contributed by atoms with Crippen molar-refractivity contribution in [3.8, 4) is 22.9 Å². The summed E-state index contributed by atoms with van der Waals surface area (Å²) in [6.07, 6.45) is 1.92. The van der Waals surface area contributed by atoms with E-state index in [1.807, 2.05) is 79.8 Å². The van der Waals surface area contributed by atoms with Crippen LogP contribution < -0.4 is 4.74 Å². The standard InChI is InChI=1S/C29H30ClN3O2/c1-32-29(35-25-16-14-24(30)15-17-25)26(28(31-32)23-10-6-3-7-11-23)19-33(18-21-12-13-21)20-27(34)22-8-4-2-5-9-22/h2-11,14-17,21,27,34H,12-13,18-20H2,1H3. The summed E-state index contributed by atoms with van der Waals surface area (Å²) in [4.78, 5) is 2.34. The van der Waals surface area contributed by atoms with Crippen LogP contribution in [0.1, 0.15) is 30.1 Å². The highest BCUT2D eigenvalue weighted by molar-refractivity contribution is 6.30. The minimum absolute atomic E-state index is 0.546. The van der Waals surface area contributed by atoms with Crippen LogP contribution in [0.15, 0.2) is 84.9 Å². The molecule has 1 saturated carbocycles. The highest BCUT2D eigenvalue weighted by atomic mass is 35.5. The summed E-state index contributed by atoms with van der Waals surface area (Å²) in [5.74, 6) is 2.08. The maximum atomic E-state index is 11.0. The first kappa shape index (κ1) is 23.6. The molecule has 1 atom stereocenters. The van der Waals surface area contributed by atoms with Gasteiger partial charge in [-0.15, -0.1) is 0 Å². The highest BCUT2D eigenvalue weighted by Gasteiger charge is 2.29. The second-order valence-electron chi connectivity index (χ2n) is 9.24. The highest BCUT2D eigenvalue weighted by Crippen LogP contribution is 2.36. The van der Waals surface area contributed by atoms with Gasteiger partial charge >= 0.3 is 0 Å². The summed E-state index contributed by atoms with van der Waals surface area (Å²) in [5, 5.41) is 16.5. The molecule has 0 aliphatic heterocycles. The fraction of sp³-hybridized carbons (Fsp3) is 0.276. The summed E-state index contributed by atoms with van der Waals surface area (Å²) in [6, 6.07) is 27.4. The van der Waals surface area contributed by atoms with Crippen molar-refractivity contribution < 1.29 is 9.84 Å². The first-order valence-electron chi connectivity index (χ1n) is 12.1. The van der Waals surface area contributed by atoms with Crippen molar-refractivity contribution in [3.05, 3.63) is 101 Å². The zero-order valence-electron chi connectivity index (χ0n) is 19.8. The molecule has 5 rings (SSSR count). The minimum Gasteiger partial charge on any atom is -0.439 e. The maximum Gasteiger partial charge on any atom is 0.222 e. The molecular formula is C29H30ClN3O2. The second-order valence-corrected chi connectivity index (χ2v) is 9.68. The van der Waals surface area contributed by atoms with E-state index in [1.54, 1.807) is 4.68 Å². The minimum atomic E-state index is -0.563. The second kappa shape index (κ2) is 10.6. The number of hydrogen-bond donors (Lipinski definition) is 1. The Morgan fingerprint density at radius 2 is 1.66 bits per heavy atom. The van der Waals surface area contributed by atoms with Gasteiger partial charge in [-0.1, -0.05) is 72.3 Å². The number of aromatic nitrogens is 2. The molecule has 3 aromatic carbocycles. The Labute approximate surface area is 211 Å². The van der Waals surface area contributed by atoms with Gasteiger partial charge in [0, 0.05) is 37.3 Å². The number of nitrogens with zero attached hydrogens (tertiary/aromatic N) is 3. The summed E-state index contributed by atoms with van der Waals surface area (Å²) < 4.78 is 8.16. The van der Waals surface area contributed by atoms with E-state index >= 15 is 0 Å². The average molecular weight is 488 g/mol. The van der Waals surface area contributed by atoms with Gasteiger partial charge in [0.15, 0.2) is 0 Å². The van der Waals surface area contributed by atoms with Gasteiger partial charge in [-0.05, 0) is 48.6 Å². The normalized spacial score (nSPS) is 14.3. The van der Waals surface area contributed by atoms with Crippen molar-refractivity contribution in [1.29, 1.82) is 0 Å². The average Bonchev–Trinajstić information content (AvgIpc) is 3.65. The van der Waals surface area contributed by atoms with E-state index in [-0.39, 0.29) is 0 Å². The monoisotopic (exact) mass is 487 g/mol. The molecule has 4 aromatic rings. The van der Waals surface area contributed by atoms with Gasteiger partial charge in [0.25, 0.3) is 0 Å². The molecule has 0 radical (unpaired) electrons. The van der Waals surface area contributed by atoms with Gasteiger partial charge in [-0.25, -0.2) is 4.68 Å². The Balaban J connectivity index is 1.48. The van der Waals surface area contributed by atoms with Crippen LogP contribution in [0.3, 0.4) is 0 Å². The third-order valence-corrected chi connectivity index (χ3v) is 6.63. The number of benzene rings is 3. The van der Waals surface area contributed by atoms with Crippen LogP contribution in [0.5, 0.6) is 11.6 Å². The molecule has 1 N–H and O–H groups in total. The Kier molecular flexibility index (Phi) is 7.19. The fourth-order valence-corrected chi connectivity index (χ4v) is 4.51. The van der Waals surface area contributed by atoms with Gasteiger partial charge < -0.3 is 9.84 Å². The van der Waals surface area contributed by atoms with Crippen molar-refractivity contribution in [3.63, 3.8) is 0 Å². The summed E-state index contributed by atoms with van der Waals surface area (Å²) in [6.45, 7) is 2.11. The van der Waals surface area contributed by atoms with Crippen LogP contribution in [-0.4, -0.2) is 32.9 Å². The number of halogens is 1. The van der Waals surface area contributed by atoms with Crippen LogP contribution in [0.2, 0.25) is 5.02 Å². The SMILES string of the molecule is Cn1nc(-c2ccccc2)c(CN(CC2CC2)CC(O)c2ccccc2)c1Oc1ccc(Cl)cc1. The fourth-order valence-electron chi connectivity index (χ4n) is 4.38. The molecule has 0 bridgehead atoms. The van der Waals surface area contributed by atoms with Crippen LogP contribution in [0.4, 0.5) is 0 Å². The topological polar surface area (TPSA) is 50.5 Å². The third kappa shape index (κ3) is 5.93. The lowest BCUT2D eigenvalue weighted by atomic mass is 10.1. The lowest BCUT2D eigenvalue weighted by Gasteiger charge is -2.26. The van der Waals surface area contributed by atoms with Crippen molar-refractivity contribution in [1.82, 2.24) is 14.7 Å². The molecule has 6 heteroatoms. The van der Waals surface area contributed by atoms with Crippen LogP contribution in [0.25, 0.3) is 11.3 Å². The van der Waals surface area contributed by atoms with E-state index in [0.29, 0.717) is 35.7 Å². The first-order chi connectivity index (χ1) is 17.1. The molecule has 1 unspecified atom stereocenters. The number of aryl methyl sites for hydroxylation is 1. The van der Waals surface area contributed by atoms with Gasteiger partial charge in [-0.3, -0.25) is 4.90 Å². The van der Waals surface area contributed by atoms with Crippen molar-refractivity contribution >= 4 is 11.6 Å². The lowest BCUT2D eigenvalue weighted by Crippen LogP contribution is -2.30. The van der Waals surface area contributed by atoms with Crippen LogP contribution >= 0.6 is 11.6 Å². The third-order valence-electron chi connectivity index (χ3n) is 6.37. The molecule has 35 heavy (non-hydrogen) atoms. The maximum absolute atomic E-state index is 11.0. The zero-order valence-corrected chi connectivity index (χ0v) is 20.6. The van der Waals surface area contributed by atoms with Crippen LogP contribution in [-0.2, 0) is 13.6 Å². The molecule has 180 valence electrons. The van der Waals surface area contributed by atoms with E-state index in [2.05, 4.69) is 17.0 Å². The number of rotatable bonds is 10.